The smallest absolute Gasteiger partial charge is 0.312 e. The normalized spacial score (nSPS) is 25.7. The summed E-state index contributed by atoms with van der Waals surface area (Å²) in [6.45, 7) is 2.26. The first kappa shape index (κ1) is 18.5. The second-order valence-corrected chi connectivity index (χ2v) is 7.58. The summed E-state index contributed by atoms with van der Waals surface area (Å²) in [5.74, 6) is -0.692. The van der Waals surface area contributed by atoms with Gasteiger partial charge in [0.05, 0.1) is 12.0 Å². The molecule has 2 saturated heterocycles. The van der Waals surface area contributed by atoms with Crippen molar-refractivity contribution in [3.63, 3.8) is 0 Å². The van der Waals surface area contributed by atoms with E-state index in [1.54, 1.807) is 23.2 Å². The van der Waals surface area contributed by atoms with Gasteiger partial charge < -0.3 is 14.7 Å². The van der Waals surface area contributed by atoms with Crippen LogP contribution in [0.15, 0.2) is 48.7 Å². The average molecular weight is 380 g/mol. The number of amides is 1. The van der Waals surface area contributed by atoms with E-state index in [2.05, 4.69) is 4.98 Å². The number of aromatic nitrogens is 1. The molecule has 4 rings (SSSR count). The summed E-state index contributed by atoms with van der Waals surface area (Å²) in [7, 11) is 0. The highest BCUT2D eigenvalue weighted by Gasteiger charge is 2.61. The van der Waals surface area contributed by atoms with E-state index < -0.39 is 11.4 Å². The van der Waals surface area contributed by atoms with Crippen molar-refractivity contribution in [1.82, 2.24) is 9.88 Å². The summed E-state index contributed by atoms with van der Waals surface area (Å²) >= 11 is 0. The number of ether oxygens (including phenoxy) is 1. The first-order chi connectivity index (χ1) is 13.6. The predicted octanol–water partition coefficient (Wildman–Crippen LogP) is 3.17. The molecule has 0 unspecified atom stereocenters. The number of hydrogen-bond acceptors (Lipinski definition) is 4. The maximum atomic E-state index is 13.4. The van der Waals surface area contributed by atoms with Crippen LogP contribution < -0.4 is 4.74 Å². The molecule has 28 heavy (non-hydrogen) atoms. The molecule has 1 aromatic heterocycles. The molecule has 3 heterocycles. The fourth-order valence-corrected chi connectivity index (χ4v) is 4.89. The SMILES string of the molecule is CCOc1ncccc1C(=O)N1[C@H]2CC[C@@H]1[C@](Cc1ccccc1)(C(=O)O)C2. The number of carboxylic acids is 1. The largest absolute Gasteiger partial charge is 0.481 e. The van der Waals surface area contributed by atoms with Gasteiger partial charge in [0.1, 0.15) is 5.56 Å². The standard InChI is InChI=1S/C22H24N2O4/c1-2-28-19-17(9-6-12-23-19)20(25)24-16-10-11-18(24)22(14-16,21(26)27)13-15-7-4-3-5-8-15/h3-9,12,16,18H,2,10-11,13-14H2,1H3,(H,26,27)/t16-,18+,22+/m0/s1. The molecule has 146 valence electrons. The number of hydrogen-bond donors (Lipinski definition) is 1. The van der Waals surface area contributed by atoms with Crippen molar-refractivity contribution >= 4 is 11.9 Å². The van der Waals surface area contributed by atoms with Crippen molar-refractivity contribution in [1.29, 1.82) is 0 Å². The molecule has 2 bridgehead atoms. The van der Waals surface area contributed by atoms with Crippen molar-refractivity contribution in [2.24, 2.45) is 5.41 Å². The van der Waals surface area contributed by atoms with Crippen molar-refractivity contribution in [2.75, 3.05) is 6.61 Å². The molecule has 1 N–H and O–H groups in total. The van der Waals surface area contributed by atoms with Crippen molar-refractivity contribution in [2.45, 2.75) is 44.7 Å². The maximum Gasteiger partial charge on any atom is 0.312 e. The second-order valence-electron chi connectivity index (χ2n) is 7.58. The Hall–Kier alpha value is -2.89. The number of pyridine rings is 1. The molecular formula is C22H24N2O4. The highest BCUT2D eigenvalue weighted by molar-refractivity contribution is 5.98. The fourth-order valence-electron chi connectivity index (χ4n) is 4.89. The molecule has 0 aliphatic carbocycles. The summed E-state index contributed by atoms with van der Waals surface area (Å²) in [5.41, 5.74) is 0.442. The minimum absolute atomic E-state index is 0.0630. The van der Waals surface area contributed by atoms with E-state index in [0.29, 0.717) is 37.3 Å². The number of benzene rings is 1. The highest BCUT2D eigenvalue weighted by Crippen LogP contribution is 2.52. The number of fused-ring (bicyclic) bond motifs is 2. The Morgan fingerprint density at radius 1 is 1.21 bits per heavy atom. The Balaban J connectivity index is 1.67. The van der Waals surface area contributed by atoms with Crippen molar-refractivity contribution in [3.05, 3.63) is 59.8 Å². The number of aliphatic carboxylic acids is 1. The van der Waals surface area contributed by atoms with Gasteiger partial charge in [-0.15, -0.1) is 0 Å². The Labute approximate surface area is 164 Å². The third-order valence-corrected chi connectivity index (χ3v) is 6.05. The lowest BCUT2D eigenvalue weighted by molar-refractivity contribution is -0.150. The summed E-state index contributed by atoms with van der Waals surface area (Å²) in [6, 6.07) is 12.7. The number of carbonyl (C=O) groups excluding carboxylic acids is 1. The lowest BCUT2D eigenvalue weighted by atomic mass is 9.70. The molecule has 2 fully saturated rings. The molecule has 2 aliphatic rings. The molecule has 6 nitrogen and oxygen atoms in total. The van der Waals surface area contributed by atoms with Gasteiger partial charge in [-0.05, 0) is 50.3 Å². The Morgan fingerprint density at radius 2 is 2.00 bits per heavy atom. The van der Waals surface area contributed by atoms with Crippen molar-refractivity contribution in [3.8, 4) is 5.88 Å². The van der Waals surface area contributed by atoms with Crippen LogP contribution in [0.5, 0.6) is 5.88 Å². The summed E-state index contributed by atoms with van der Waals surface area (Å²) in [6.07, 6.45) is 4.05. The zero-order chi connectivity index (χ0) is 19.7. The van der Waals surface area contributed by atoms with Gasteiger partial charge >= 0.3 is 5.97 Å². The topological polar surface area (TPSA) is 79.7 Å². The van der Waals surface area contributed by atoms with E-state index in [1.165, 1.54) is 0 Å². The van der Waals surface area contributed by atoms with Crippen LogP contribution in [0.25, 0.3) is 0 Å². The van der Waals surface area contributed by atoms with E-state index in [4.69, 9.17) is 4.74 Å². The third-order valence-electron chi connectivity index (χ3n) is 6.05. The molecule has 1 aromatic carbocycles. The zero-order valence-corrected chi connectivity index (χ0v) is 15.9. The van der Waals surface area contributed by atoms with E-state index in [0.717, 1.165) is 12.0 Å². The molecule has 1 amide bonds. The minimum atomic E-state index is -0.950. The maximum absolute atomic E-state index is 13.4. The Kier molecular flexibility index (Phi) is 4.79. The van der Waals surface area contributed by atoms with E-state index in [-0.39, 0.29) is 18.0 Å². The van der Waals surface area contributed by atoms with Crippen LogP contribution in [0.2, 0.25) is 0 Å². The van der Waals surface area contributed by atoms with E-state index >= 15 is 0 Å². The second kappa shape index (κ2) is 7.26. The summed E-state index contributed by atoms with van der Waals surface area (Å²) in [4.78, 5) is 31.8. The zero-order valence-electron chi connectivity index (χ0n) is 15.9. The third kappa shape index (κ3) is 2.93. The van der Waals surface area contributed by atoms with Crippen molar-refractivity contribution < 1.29 is 19.4 Å². The Bertz CT molecular complexity index is 885. The highest BCUT2D eigenvalue weighted by atomic mass is 16.5. The lowest BCUT2D eigenvalue weighted by Gasteiger charge is -2.33. The molecular weight excluding hydrogens is 356 g/mol. The average Bonchev–Trinajstić information content (AvgIpc) is 3.25. The van der Waals surface area contributed by atoms with Gasteiger partial charge in [0, 0.05) is 18.3 Å². The van der Waals surface area contributed by atoms with Gasteiger partial charge in [-0.3, -0.25) is 9.59 Å². The number of carbonyl (C=O) groups is 2. The molecule has 0 saturated carbocycles. The quantitative estimate of drug-likeness (QED) is 0.833. The molecule has 6 heteroatoms. The van der Waals surface area contributed by atoms with Crippen LogP contribution in [0.4, 0.5) is 0 Å². The monoisotopic (exact) mass is 380 g/mol. The van der Waals surface area contributed by atoms with Gasteiger partial charge in [-0.1, -0.05) is 30.3 Å². The van der Waals surface area contributed by atoms with Crippen LogP contribution in [0.1, 0.15) is 42.1 Å². The number of carboxylic acid groups (broad SMARTS) is 1. The molecule has 3 atom stereocenters. The van der Waals surface area contributed by atoms with Gasteiger partial charge in [-0.25, -0.2) is 4.98 Å². The number of rotatable bonds is 6. The molecule has 2 aliphatic heterocycles. The van der Waals surface area contributed by atoms with E-state index in [9.17, 15) is 14.7 Å². The van der Waals surface area contributed by atoms with E-state index in [1.807, 2.05) is 37.3 Å². The number of nitrogens with zero attached hydrogens (tertiary/aromatic N) is 2. The van der Waals surface area contributed by atoms with Crippen LogP contribution >= 0.6 is 0 Å². The van der Waals surface area contributed by atoms with Gasteiger partial charge in [-0.2, -0.15) is 0 Å². The first-order valence-corrected chi connectivity index (χ1v) is 9.74. The van der Waals surface area contributed by atoms with Gasteiger partial charge in [0.2, 0.25) is 5.88 Å². The Morgan fingerprint density at radius 3 is 2.71 bits per heavy atom. The predicted molar refractivity (Wildman–Crippen MR) is 103 cm³/mol. The van der Waals surface area contributed by atoms with Gasteiger partial charge in [0.25, 0.3) is 5.91 Å². The minimum Gasteiger partial charge on any atom is -0.481 e. The summed E-state index contributed by atoms with van der Waals surface area (Å²) in [5, 5.41) is 10.2. The molecule has 0 radical (unpaired) electrons. The van der Waals surface area contributed by atoms with Crippen LogP contribution in [0.3, 0.4) is 0 Å². The fraction of sp³-hybridized carbons (Fsp3) is 0.409. The van der Waals surface area contributed by atoms with Crippen LogP contribution in [0, 0.1) is 5.41 Å². The summed E-state index contributed by atoms with van der Waals surface area (Å²) < 4.78 is 5.53. The molecule has 2 aromatic rings. The van der Waals surface area contributed by atoms with Crippen LogP contribution in [-0.2, 0) is 11.2 Å². The van der Waals surface area contributed by atoms with Gasteiger partial charge in [0.15, 0.2) is 0 Å². The first-order valence-electron chi connectivity index (χ1n) is 9.74. The lowest BCUT2D eigenvalue weighted by Crippen LogP contribution is -2.46. The van der Waals surface area contributed by atoms with Crippen LogP contribution in [-0.4, -0.2) is 45.6 Å². The molecule has 0 spiro atoms.